The molecule has 0 radical (unpaired) electrons. The van der Waals surface area contributed by atoms with Gasteiger partial charge in [0.15, 0.2) is 0 Å². The van der Waals surface area contributed by atoms with E-state index >= 15 is 0 Å². The van der Waals surface area contributed by atoms with Crippen LogP contribution in [-0.2, 0) is 9.59 Å². The Morgan fingerprint density at radius 1 is 1.12 bits per heavy atom. The molecule has 0 fully saturated rings. The molecule has 90 valence electrons. The first kappa shape index (κ1) is 12.7. The number of nitrogens with two attached hydrogens (primary N) is 1. The van der Waals surface area contributed by atoms with Gasteiger partial charge in [0.2, 0.25) is 11.8 Å². The van der Waals surface area contributed by atoms with Crippen LogP contribution in [-0.4, -0.2) is 22.9 Å². The third-order valence-corrected chi connectivity index (χ3v) is 2.01. The van der Waals surface area contributed by atoms with Crippen LogP contribution in [0.3, 0.4) is 0 Å². The highest BCUT2D eigenvalue weighted by Crippen LogP contribution is 2.10. The van der Waals surface area contributed by atoms with Crippen molar-refractivity contribution in [3.8, 4) is 0 Å². The average Bonchev–Trinajstić information content (AvgIpc) is 2.27. The Morgan fingerprint density at radius 3 is 2.18 bits per heavy atom. The minimum atomic E-state index is -1.03. The van der Waals surface area contributed by atoms with Gasteiger partial charge in [-0.3, -0.25) is 9.59 Å². The monoisotopic (exact) mass is 236 g/mol. The molecule has 0 aromatic heterocycles. The number of hydrogen-bond acceptors (Lipinski definition) is 3. The van der Waals surface area contributed by atoms with Crippen molar-refractivity contribution in [2.75, 3.05) is 5.32 Å². The Balaban J connectivity index is 2.54. The van der Waals surface area contributed by atoms with E-state index < -0.39 is 11.9 Å². The number of aromatic carboxylic acids is 1. The third kappa shape index (κ3) is 4.33. The number of benzene rings is 1. The zero-order valence-electron chi connectivity index (χ0n) is 8.97. The maximum absolute atomic E-state index is 11.3. The van der Waals surface area contributed by atoms with Crippen molar-refractivity contribution < 1.29 is 19.5 Å². The first-order valence-electron chi connectivity index (χ1n) is 4.90. The van der Waals surface area contributed by atoms with Crippen LogP contribution in [0.1, 0.15) is 23.2 Å². The van der Waals surface area contributed by atoms with Gasteiger partial charge in [-0.2, -0.15) is 0 Å². The van der Waals surface area contributed by atoms with E-state index in [1.807, 2.05) is 0 Å². The number of carbonyl (C=O) groups is 3. The topological polar surface area (TPSA) is 109 Å². The number of carboxylic acids is 1. The standard InChI is InChI=1S/C11H12N2O4/c12-9(14)5-6-10(15)13-8-3-1-7(2-4-8)11(16)17/h1-4H,5-6H2,(H2,12,14)(H,13,15)(H,16,17). The van der Waals surface area contributed by atoms with Gasteiger partial charge in [-0.1, -0.05) is 0 Å². The third-order valence-electron chi connectivity index (χ3n) is 2.01. The Bertz CT molecular complexity index is 439. The van der Waals surface area contributed by atoms with Crippen LogP contribution in [0.4, 0.5) is 5.69 Å². The van der Waals surface area contributed by atoms with Gasteiger partial charge in [-0.25, -0.2) is 4.79 Å². The highest BCUT2D eigenvalue weighted by molar-refractivity contribution is 5.94. The van der Waals surface area contributed by atoms with Gasteiger partial charge in [0, 0.05) is 18.5 Å². The van der Waals surface area contributed by atoms with Crippen LogP contribution in [0.25, 0.3) is 0 Å². The summed E-state index contributed by atoms with van der Waals surface area (Å²) in [6, 6.07) is 5.72. The largest absolute Gasteiger partial charge is 0.478 e. The van der Waals surface area contributed by atoms with Crippen LogP contribution < -0.4 is 11.1 Å². The van der Waals surface area contributed by atoms with Gasteiger partial charge in [0.25, 0.3) is 0 Å². The fourth-order valence-corrected chi connectivity index (χ4v) is 1.16. The molecule has 2 amide bonds. The van der Waals surface area contributed by atoms with E-state index in [2.05, 4.69) is 5.32 Å². The molecule has 0 heterocycles. The predicted octanol–water partition coefficient (Wildman–Crippen LogP) is 0.589. The van der Waals surface area contributed by atoms with E-state index in [0.717, 1.165) is 0 Å². The van der Waals surface area contributed by atoms with Crippen LogP contribution in [0, 0.1) is 0 Å². The van der Waals surface area contributed by atoms with E-state index in [1.54, 1.807) is 0 Å². The van der Waals surface area contributed by atoms with Crippen LogP contribution >= 0.6 is 0 Å². The highest BCUT2D eigenvalue weighted by atomic mass is 16.4. The second kappa shape index (κ2) is 5.64. The van der Waals surface area contributed by atoms with Gasteiger partial charge in [-0.05, 0) is 24.3 Å². The lowest BCUT2D eigenvalue weighted by molar-refractivity contribution is -0.122. The molecule has 17 heavy (non-hydrogen) atoms. The number of rotatable bonds is 5. The molecule has 0 atom stereocenters. The highest BCUT2D eigenvalue weighted by Gasteiger charge is 2.06. The molecule has 0 unspecified atom stereocenters. The lowest BCUT2D eigenvalue weighted by Gasteiger charge is -2.04. The summed E-state index contributed by atoms with van der Waals surface area (Å²) in [6.45, 7) is 0. The summed E-state index contributed by atoms with van der Waals surface area (Å²) in [5, 5.41) is 11.2. The zero-order valence-corrected chi connectivity index (χ0v) is 8.97. The Morgan fingerprint density at radius 2 is 1.71 bits per heavy atom. The summed E-state index contributed by atoms with van der Waals surface area (Å²) in [7, 11) is 0. The lowest BCUT2D eigenvalue weighted by Crippen LogP contribution is -2.17. The van der Waals surface area contributed by atoms with Crippen molar-refractivity contribution in [1.29, 1.82) is 0 Å². The Kier molecular flexibility index (Phi) is 4.21. The summed E-state index contributed by atoms with van der Waals surface area (Å²) in [5.74, 6) is -1.91. The molecule has 0 aliphatic heterocycles. The number of primary amides is 1. The van der Waals surface area contributed by atoms with E-state index in [1.165, 1.54) is 24.3 Å². The van der Waals surface area contributed by atoms with Gasteiger partial charge < -0.3 is 16.2 Å². The zero-order chi connectivity index (χ0) is 12.8. The Labute approximate surface area is 97.4 Å². The van der Waals surface area contributed by atoms with E-state index in [9.17, 15) is 14.4 Å². The second-order valence-electron chi connectivity index (χ2n) is 3.40. The van der Waals surface area contributed by atoms with Crippen LogP contribution in [0.2, 0.25) is 0 Å². The number of carbonyl (C=O) groups excluding carboxylic acids is 2. The van der Waals surface area contributed by atoms with Gasteiger partial charge in [0.05, 0.1) is 5.56 Å². The smallest absolute Gasteiger partial charge is 0.335 e. The molecule has 0 bridgehead atoms. The molecule has 6 nitrogen and oxygen atoms in total. The molecule has 1 aromatic carbocycles. The van der Waals surface area contributed by atoms with E-state index in [4.69, 9.17) is 10.8 Å². The van der Waals surface area contributed by atoms with Crippen molar-refractivity contribution >= 4 is 23.5 Å². The fraction of sp³-hybridized carbons (Fsp3) is 0.182. The molecule has 0 aliphatic rings. The van der Waals surface area contributed by atoms with Crippen molar-refractivity contribution in [3.63, 3.8) is 0 Å². The molecule has 0 saturated carbocycles. The average molecular weight is 236 g/mol. The summed E-state index contributed by atoms with van der Waals surface area (Å²) in [6.07, 6.45) is -0.00490. The van der Waals surface area contributed by atoms with E-state index in [0.29, 0.717) is 5.69 Å². The quantitative estimate of drug-likeness (QED) is 0.694. The van der Waals surface area contributed by atoms with Crippen molar-refractivity contribution in [2.24, 2.45) is 5.73 Å². The summed E-state index contributed by atoms with van der Waals surface area (Å²) in [5.41, 5.74) is 5.52. The van der Waals surface area contributed by atoms with Crippen LogP contribution in [0.5, 0.6) is 0 Å². The molecule has 1 rings (SSSR count). The first-order chi connectivity index (χ1) is 7.99. The Hall–Kier alpha value is -2.37. The van der Waals surface area contributed by atoms with Crippen molar-refractivity contribution in [2.45, 2.75) is 12.8 Å². The number of carboxylic acid groups (broad SMARTS) is 1. The lowest BCUT2D eigenvalue weighted by atomic mass is 10.2. The van der Waals surface area contributed by atoms with E-state index in [-0.39, 0.29) is 24.3 Å². The molecule has 0 spiro atoms. The fourth-order valence-electron chi connectivity index (χ4n) is 1.16. The van der Waals surface area contributed by atoms with Crippen LogP contribution in [0.15, 0.2) is 24.3 Å². The van der Waals surface area contributed by atoms with Gasteiger partial charge in [0.1, 0.15) is 0 Å². The number of amides is 2. The summed E-state index contributed by atoms with van der Waals surface area (Å²) in [4.78, 5) is 32.3. The van der Waals surface area contributed by atoms with Crippen molar-refractivity contribution in [1.82, 2.24) is 0 Å². The SMILES string of the molecule is NC(=O)CCC(=O)Nc1ccc(C(=O)O)cc1. The molecule has 1 aromatic rings. The molecular weight excluding hydrogens is 224 g/mol. The number of anilines is 1. The minimum absolute atomic E-state index is 0.00994. The van der Waals surface area contributed by atoms with Gasteiger partial charge >= 0.3 is 5.97 Å². The molecule has 4 N–H and O–H groups in total. The number of nitrogens with one attached hydrogen (secondary N) is 1. The summed E-state index contributed by atoms with van der Waals surface area (Å²) >= 11 is 0. The second-order valence-corrected chi connectivity index (χ2v) is 3.40. The van der Waals surface area contributed by atoms with Crippen molar-refractivity contribution in [3.05, 3.63) is 29.8 Å². The minimum Gasteiger partial charge on any atom is -0.478 e. The first-order valence-corrected chi connectivity index (χ1v) is 4.90. The molecule has 0 aliphatic carbocycles. The predicted molar refractivity (Wildman–Crippen MR) is 60.5 cm³/mol. The molecule has 0 saturated heterocycles. The maximum atomic E-state index is 11.3. The summed E-state index contributed by atoms with van der Waals surface area (Å²) < 4.78 is 0. The number of hydrogen-bond donors (Lipinski definition) is 3. The molecular formula is C11H12N2O4. The normalized spacial score (nSPS) is 9.65. The molecule has 6 heteroatoms. The van der Waals surface area contributed by atoms with Gasteiger partial charge in [-0.15, -0.1) is 0 Å². The maximum Gasteiger partial charge on any atom is 0.335 e.